The molecule has 0 unspecified atom stereocenters. The molecule has 2 aromatic heterocycles. The second-order valence-corrected chi connectivity index (χ2v) is 5.89. The molecule has 2 aromatic rings. The van der Waals surface area contributed by atoms with E-state index in [9.17, 15) is 9.59 Å². The van der Waals surface area contributed by atoms with Gasteiger partial charge in [-0.2, -0.15) is 4.98 Å². The molecule has 2 heterocycles. The van der Waals surface area contributed by atoms with Gasteiger partial charge in [0.05, 0.1) is 0 Å². The molecule has 0 radical (unpaired) electrons. The van der Waals surface area contributed by atoms with Crippen LogP contribution in [0.15, 0.2) is 20.1 Å². The van der Waals surface area contributed by atoms with Gasteiger partial charge in [0.25, 0.3) is 5.56 Å². The number of nitrogens with zero attached hydrogens (tertiary/aromatic N) is 1. The van der Waals surface area contributed by atoms with Gasteiger partial charge in [0.1, 0.15) is 11.2 Å². The lowest BCUT2D eigenvalue weighted by Gasteiger charge is -2.24. The Balaban J connectivity index is 2.05. The van der Waals surface area contributed by atoms with Gasteiger partial charge in [0.2, 0.25) is 5.71 Å². The number of hydrogen-bond donors (Lipinski definition) is 1. The van der Waals surface area contributed by atoms with Crippen LogP contribution >= 0.6 is 0 Å². The molecule has 0 spiro atoms. The third-order valence-corrected chi connectivity index (χ3v) is 4.25. The number of unbranched alkanes of at least 4 members (excludes halogenated alkanes) is 1. The van der Waals surface area contributed by atoms with Crippen molar-refractivity contribution in [2.45, 2.75) is 51.9 Å². The first-order valence-electron chi connectivity index (χ1n) is 7.73. The number of nitrogens with one attached hydrogen (secondary N) is 1. The molecule has 1 aliphatic carbocycles. The van der Waals surface area contributed by atoms with E-state index in [-0.39, 0.29) is 11.3 Å². The predicted molar refractivity (Wildman–Crippen MR) is 80.6 cm³/mol. The smallest absolute Gasteiger partial charge is 0.337 e. The monoisotopic (exact) mass is 288 g/mol. The van der Waals surface area contributed by atoms with E-state index in [0.717, 1.165) is 24.8 Å². The number of aryl methyl sites for hydroxylation is 1. The van der Waals surface area contributed by atoms with Gasteiger partial charge in [-0.15, -0.1) is 0 Å². The highest BCUT2D eigenvalue weighted by molar-refractivity contribution is 5.75. The van der Waals surface area contributed by atoms with Crippen molar-refractivity contribution in [2.24, 2.45) is 5.92 Å². The summed E-state index contributed by atoms with van der Waals surface area (Å²) >= 11 is 0. The van der Waals surface area contributed by atoms with Crippen LogP contribution in [0, 0.1) is 5.92 Å². The highest BCUT2D eigenvalue weighted by atomic mass is 16.4. The van der Waals surface area contributed by atoms with Crippen molar-refractivity contribution < 1.29 is 4.42 Å². The Morgan fingerprint density at radius 2 is 2.19 bits per heavy atom. The van der Waals surface area contributed by atoms with Crippen molar-refractivity contribution in [1.29, 1.82) is 0 Å². The molecule has 1 fully saturated rings. The molecule has 5 nitrogen and oxygen atoms in total. The van der Waals surface area contributed by atoms with E-state index < -0.39 is 5.63 Å². The summed E-state index contributed by atoms with van der Waals surface area (Å²) in [5.41, 5.74) is 0.309. The Morgan fingerprint density at radius 3 is 2.86 bits per heavy atom. The van der Waals surface area contributed by atoms with Crippen LogP contribution in [0.25, 0.3) is 11.1 Å². The number of aromatic amines is 1. The van der Waals surface area contributed by atoms with Crippen molar-refractivity contribution >= 4 is 11.1 Å². The largest absolute Gasteiger partial charge is 0.403 e. The Bertz CT molecular complexity index is 756. The molecular weight excluding hydrogens is 268 g/mol. The summed E-state index contributed by atoms with van der Waals surface area (Å²) in [4.78, 5) is 31.2. The lowest BCUT2D eigenvalue weighted by Crippen LogP contribution is -2.20. The molecule has 5 heteroatoms. The van der Waals surface area contributed by atoms with Crippen LogP contribution in [0.1, 0.15) is 50.4 Å². The minimum atomic E-state index is -0.429. The van der Waals surface area contributed by atoms with Crippen LogP contribution in [0.5, 0.6) is 0 Å². The van der Waals surface area contributed by atoms with Gasteiger partial charge in [-0.25, -0.2) is 4.79 Å². The van der Waals surface area contributed by atoms with Crippen molar-refractivity contribution in [3.05, 3.63) is 38.2 Å². The molecule has 0 saturated heterocycles. The van der Waals surface area contributed by atoms with Crippen LogP contribution < -0.4 is 11.2 Å². The minimum absolute atomic E-state index is 0.187. The summed E-state index contributed by atoms with van der Waals surface area (Å²) in [7, 11) is 0. The lowest BCUT2D eigenvalue weighted by molar-refractivity contribution is 0.309. The lowest BCUT2D eigenvalue weighted by atomic mass is 9.83. The zero-order valence-corrected chi connectivity index (χ0v) is 12.3. The third-order valence-electron chi connectivity index (χ3n) is 4.25. The highest BCUT2D eigenvalue weighted by Gasteiger charge is 2.20. The average Bonchev–Trinajstić information content (AvgIpc) is 2.39. The van der Waals surface area contributed by atoms with Crippen LogP contribution in [0.3, 0.4) is 0 Å². The molecule has 112 valence electrons. The first-order chi connectivity index (χ1) is 10.2. The maximum atomic E-state index is 12.3. The van der Waals surface area contributed by atoms with E-state index >= 15 is 0 Å². The highest BCUT2D eigenvalue weighted by Crippen LogP contribution is 2.28. The van der Waals surface area contributed by atoms with E-state index in [1.165, 1.54) is 25.3 Å². The Kier molecular flexibility index (Phi) is 3.90. The molecule has 0 atom stereocenters. The first-order valence-corrected chi connectivity index (χ1v) is 7.73. The van der Waals surface area contributed by atoms with E-state index in [1.807, 2.05) is 0 Å². The van der Waals surface area contributed by atoms with Gasteiger partial charge >= 0.3 is 5.63 Å². The van der Waals surface area contributed by atoms with Gasteiger partial charge in [-0.3, -0.25) is 4.79 Å². The molecule has 1 N–H and O–H groups in total. The van der Waals surface area contributed by atoms with Crippen molar-refractivity contribution in [3.63, 3.8) is 0 Å². The molecule has 1 aliphatic rings. The Hall–Kier alpha value is -1.91. The molecule has 0 aliphatic heterocycles. The summed E-state index contributed by atoms with van der Waals surface area (Å²) in [6, 6.07) is 1.42. The van der Waals surface area contributed by atoms with E-state index in [4.69, 9.17) is 4.42 Å². The number of fused-ring (bicyclic) bond motifs is 1. The van der Waals surface area contributed by atoms with Crippen molar-refractivity contribution in [2.75, 3.05) is 0 Å². The summed E-state index contributed by atoms with van der Waals surface area (Å²) in [5.74, 6) is 1.23. The normalized spacial score (nSPS) is 15.3. The Morgan fingerprint density at radius 1 is 1.38 bits per heavy atom. The fourth-order valence-electron chi connectivity index (χ4n) is 2.82. The summed E-state index contributed by atoms with van der Waals surface area (Å²) in [6.07, 6.45) is 7.01. The number of H-pyrrole nitrogens is 1. The fraction of sp³-hybridized carbons (Fsp3) is 0.562. The van der Waals surface area contributed by atoms with Crippen LogP contribution in [0.4, 0.5) is 0 Å². The third kappa shape index (κ3) is 2.91. The molecule has 0 aromatic carbocycles. The molecular formula is C16H20N2O3. The minimum Gasteiger partial charge on any atom is -0.403 e. The summed E-state index contributed by atoms with van der Waals surface area (Å²) in [5, 5.41) is 0.431. The van der Waals surface area contributed by atoms with Crippen LogP contribution in [-0.2, 0) is 12.8 Å². The van der Waals surface area contributed by atoms with Gasteiger partial charge in [0.15, 0.2) is 0 Å². The quantitative estimate of drug-likeness (QED) is 0.917. The second kappa shape index (κ2) is 5.84. The Labute approximate surface area is 122 Å². The van der Waals surface area contributed by atoms with Gasteiger partial charge < -0.3 is 9.40 Å². The maximum Gasteiger partial charge on any atom is 0.337 e. The van der Waals surface area contributed by atoms with Gasteiger partial charge in [-0.05, 0) is 24.3 Å². The molecule has 21 heavy (non-hydrogen) atoms. The topological polar surface area (TPSA) is 76.0 Å². The zero-order chi connectivity index (χ0) is 14.8. The van der Waals surface area contributed by atoms with Gasteiger partial charge in [0, 0.05) is 12.5 Å². The SMILES string of the molecule is CCCCc1cc(=O)oc2nc(CC3CCC3)[nH]c(=O)c12. The van der Waals surface area contributed by atoms with E-state index in [2.05, 4.69) is 16.9 Å². The molecule has 3 rings (SSSR count). The summed E-state index contributed by atoms with van der Waals surface area (Å²) < 4.78 is 5.15. The number of hydrogen-bond acceptors (Lipinski definition) is 4. The zero-order valence-electron chi connectivity index (χ0n) is 12.3. The van der Waals surface area contributed by atoms with E-state index in [1.54, 1.807) is 0 Å². The van der Waals surface area contributed by atoms with Crippen molar-refractivity contribution in [1.82, 2.24) is 9.97 Å². The standard InChI is InChI=1S/C16H20N2O3/c1-2-3-7-11-9-13(19)21-16-14(11)15(20)17-12(18-16)8-10-5-4-6-10/h9-10H,2-8H2,1H3,(H,17,18,20). The number of aromatic nitrogens is 2. The number of rotatable bonds is 5. The molecule has 1 saturated carbocycles. The predicted octanol–water partition coefficient (Wildman–Crippen LogP) is 2.56. The fourth-order valence-corrected chi connectivity index (χ4v) is 2.82. The second-order valence-electron chi connectivity index (χ2n) is 5.89. The molecule has 0 bridgehead atoms. The van der Waals surface area contributed by atoms with Crippen LogP contribution in [0.2, 0.25) is 0 Å². The van der Waals surface area contributed by atoms with Crippen LogP contribution in [-0.4, -0.2) is 9.97 Å². The first kappa shape index (κ1) is 14.0. The molecule has 0 amide bonds. The average molecular weight is 288 g/mol. The maximum absolute atomic E-state index is 12.3. The van der Waals surface area contributed by atoms with E-state index in [0.29, 0.717) is 23.5 Å². The van der Waals surface area contributed by atoms with Gasteiger partial charge in [-0.1, -0.05) is 32.6 Å². The van der Waals surface area contributed by atoms with Crippen molar-refractivity contribution in [3.8, 4) is 0 Å². The summed E-state index contributed by atoms with van der Waals surface area (Å²) in [6.45, 7) is 2.08.